The van der Waals surface area contributed by atoms with Crippen LogP contribution in [0.5, 0.6) is 5.75 Å². The van der Waals surface area contributed by atoms with Gasteiger partial charge in [-0.1, -0.05) is 6.07 Å². The summed E-state index contributed by atoms with van der Waals surface area (Å²) < 4.78 is 5.51. The maximum atomic E-state index is 10.6. The van der Waals surface area contributed by atoms with Crippen molar-refractivity contribution in [2.75, 3.05) is 32.6 Å². The van der Waals surface area contributed by atoms with Gasteiger partial charge in [-0.3, -0.25) is 0 Å². The van der Waals surface area contributed by atoms with Crippen molar-refractivity contribution >= 4 is 11.7 Å². The largest absolute Gasteiger partial charge is 0.492 e. The number of anilines is 1. The summed E-state index contributed by atoms with van der Waals surface area (Å²) in [4.78, 5) is 12.7. The second-order valence-corrected chi connectivity index (χ2v) is 3.67. The van der Waals surface area contributed by atoms with Gasteiger partial charge < -0.3 is 20.7 Å². The van der Waals surface area contributed by atoms with Crippen LogP contribution in [0.1, 0.15) is 0 Å². The maximum Gasteiger partial charge on any atom is 0.316 e. The smallest absolute Gasteiger partial charge is 0.316 e. The fourth-order valence-electron chi connectivity index (χ4n) is 1.15. The van der Waals surface area contributed by atoms with Crippen molar-refractivity contribution in [3.63, 3.8) is 0 Å². The summed E-state index contributed by atoms with van der Waals surface area (Å²) in [7, 11) is 3.96. The highest BCUT2D eigenvalue weighted by molar-refractivity contribution is 5.87. The molecule has 0 unspecified atom stereocenters. The van der Waals surface area contributed by atoms with Crippen molar-refractivity contribution in [3.8, 4) is 5.75 Å². The molecule has 0 saturated heterocycles. The zero-order valence-electron chi connectivity index (χ0n) is 9.56. The van der Waals surface area contributed by atoms with Gasteiger partial charge >= 0.3 is 6.03 Å². The van der Waals surface area contributed by atoms with E-state index in [1.54, 1.807) is 18.2 Å². The normalized spacial score (nSPS) is 10.2. The molecule has 88 valence electrons. The van der Waals surface area contributed by atoms with Crippen molar-refractivity contribution in [2.24, 2.45) is 5.73 Å². The standard InChI is InChI=1S/C11H17N3O2/c1-14(2)6-7-16-10-5-3-4-9(8-10)13-11(12)15/h3-5,8H,6-7H2,1-2H3,(H3,12,13,15). The van der Waals surface area contributed by atoms with E-state index in [0.29, 0.717) is 18.0 Å². The van der Waals surface area contributed by atoms with Crippen LogP contribution in [0.15, 0.2) is 24.3 Å². The van der Waals surface area contributed by atoms with Crippen LogP contribution in [0.25, 0.3) is 0 Å². The monoisotopic (exact) mass is 223 g/mol. The van der Waals surface area contributed by atoms with Gasteiger partial charge in [-0.15, -0.1) is 0 Å². The molecule has 0 heterocycles. The number of nitrogens with two attached hydrogens (primary N) is 1. The predicted octanol–water partition coefficient (Wildman–Crippen LogP) is 1.12. The van der Waals surface area contributed by atoms with Gasteiger partial charge in [0.15, 0.2) is 0 Å². The molecule has 1 aromatic rings. The molecule has 0 saturated carbocycles. The molecule has 0 radical (unpaired) electrons. The lowest BCUT2D eigenvalue weighted by molar-refractivity contribution is 0.259. The molecule has 0 atom stereocenters. The molecule has 0 aliphatic heterocycles. The minimum absolute atomic E-state index is 0.578. The van der Waals surface area contributed by atoms with E-state index in [9.17, 15) is 4.79 Å². The molecule has 0 spiro atoms. The predicted molar refractivity (Wildman–Crippen MR) is 63.7 cm³/mol. The Balaban J connectivity index is 2.50. The molecule has 0 aliphatic carbocycles. The van der Waals surface area contributed by atoms with E-state index >= 15 is 0 Å². The van der Waals surface area contributed by atoms with Gasteiger partial charge in [0.1, 0.15) is 12.4 Å². The zero-order chi connectivity index (χ0) is 12.0. The number of hydrogen-bond acceptors (Lipinski definition) is 3. The Bertz CT molecular complexity index is 353. The third-order valence-corrected chi connectivity index (χ3v) is 1.91. The van der Waals surface area contributed by atoms with Gasteiger partial charge in [-0.05, 0) is 26.2 Å². The Morgan fingerprint density at radius 1 is 1.50 bits per heavy atom. The van der Waals surface area contributed by atoms with E-state index < -0.39 is 6.03 Å². The van der Waals surface area contributed by atoms with Gasteiger partial charge in [-0.25, -0.2) is 4.79 Å². The number of urea groups is 1. The minimum Gasteiger partial charge on any atom is -0.492 e. The van der Waals surface area contributed by atoms with Crippen LogP contribution in [0.3, 0.4) is 0 Å². The highest BCUT2D eigenvalue weighted by Gasteiger charge is 1.99. The number of ether oxygens (including phenoxy) is 1. The first-order valence-corrected chi connectivity index (χ1v) is 5.02. The number of nitrogens with one attached hydrogen (secondary N) is 1. The highest BCUT2D eigenvalue weighted by atomic mass is 16.5. The molecular weight excluding hydrogens is 206 g/mol. The topological polar surface area (TPSA) is 67.6 Å². The van der Waals surface area contributed by atoms with E-state index in [2.05, 4.69) is 5.32 Å². The first-order valence-electron chi connectivity index (χ1n) is 5.02. The van der Waals surface area contributed by atoms with Crippen LogP contribution in [0, 0.1) is 0 Å². The van der Waals surface area contributed by atoms with E-state index in [4.69, 9.17) is 10.5 Å². The van der Waals surface area contributed by atoms with Gasteiger partial charge in [0.25, 0.3) is 0 Å². The maximum absolute atomic E-state index is 10.6. The third-order valence-electron chi connectivity index (χ3n) is 1.91. The van der Waals surface area contributed by atoms with Crippen molar-refractivity contribution in [2.45, 2.75) is 0 Å². The summed E-state index contributed by atoms with van der Waals surface area (Å²) in [6, 6.07) is 6.55. The van der Waals surface area contributed by atoms with E-state index in [-0.39, 0.29) is 0 Å². The number of carbonyl (C=O) groups is 1. The SMILES string of the molecule is CN(C)CCOc1cccc(NC(N)=O)c1. The van der Waals surface area contributed by atoms with Crippen molar-refractivity contribution < 1.29 is 9.53 Å². The average molecular weight is 223 g/mol. The number of benzene rings is 1. The third kappa shape index (κ3) is 4.65. The molecule has 0 aliphatic rings. The quantitative estimate of drug-likeness (QED) is 0.786. The Labute approximate surface area is 95.2 Å². The first kappa shape index (κ1) is 12.3. The van der Waals surface area contributed by atoms with Crippen molar-refractivity contribution in [3.05, 3.63) is 24.3 Å². The second kappa shape index (κ2) is 5.97. The van der Waals surface area contributed by atoms with Crippen LogP contribution in [0.2, 0.25) is 0 Å². The lowest BCUT2D eigenvalue weighted by Crippen LogP contribution is -2.20. The van der Waals surface area contributed by atoms with Gasteiger partial charge in [-0.2, -0.15) is 0 Å². The summed E-state index contributed by atoms with van der Waals surface area (Å²) in [5.41, 5.74) is 5.65. The number of nitrogens with zero attached hydrogens (tertiary/aromatic N) is 1. The molecule has 16 heavy (non-hydrogen) atoms. The Hall–Kier alpha value is -1.75. The number of amides is 2. The van der Waals surface area contributed by atoms with E-state index in [1.807, 2.05) is 25.1 Å². The molecule has 5 heteroatoms. The number of likely N-dealkylation sites (N-methyl/N-ethyl adjacent to an activating group) is 1. The fraction of sp³-hybridized carbons (Fsp3) is 0.364. The molecule has 1 aromatic carbocycles. The van der Waals surface area contributed by atoms with Crippen LogP contribution in [-0.4, -0.2) is 38.2 Å². The van der Waals surface area contributed by atoms with Crippen molar-refractivity contribution in [1.82, 2.24) is 4.90 Å². The Morgan fingerprint density at radius 3 is 2.88 bits per heavy atom. The van der Waals surface area contributed by atoms with Crippen LogP contribution >= 0.6 is 0 Å². The number of carbonyl (C=O) groups excluding carboxylic acids is 1. The van der Waals surface area contributed by atoms with E-state index in [1.165, 1.54) is 0 Å². The minimum atomic E-state index is -0.578. The number of primary amides is 1. The summed E-state index contributed by atoms with van der Waals surface area (Å²) in [5.74, 6) is 0.716. The zero-order valence-corrected chi connectivity index (χ0v) is 9.56. The molecule has 3 N–H and O–H groups in total. The van der Waals surface area contributed by atoms with Gasteiger partial charge in [0.05, 0.1) is 0 Å². The molecule has 2 amide bonds. The lowest BCUT2D eigenvalue weighted by Gasteiger charge is -2.11. The Morgan fingerprint density at radius 2 is 2.25 bits per heavy atom. The van der Waals surface area contributed by atoms with Crippen LogP contribution in [-0.2, 0) is 0 Å². The summed E-state index contributed by atoms with van der Waals surface area (Å²) in [6.45, 7) is 1.44. The van der Waals surface area contributed by atoms with Crippen LogP contribution in [0.4, 0.5) is 10.5 Å². The molecule has 1 rings (SSSR count). The number of hydrogen-bond donors (Lipinski definition) is 2. The molecule has 0 fully saturated rings. The number of rotatable bonds is 5. The molecule has 5 nitrogen and oxygen atoms in total. The fourth-order valence-corrected chi connectivity index (χ4v) is 1.15. The summed E-state index contributed by atoms with van der Waals surface area (Å²) >= 11 is 0. The molecular formula is C11H17N3O2. The molecule has 0 aromatic heterocycles. The van der Waals surface area contributed by atoms with Gasteiger partial charge in [0, 0.05) is 18.3 Å². The highest BCUT2D eigenvalue weighted by Crippen LogP contribution is 2.16. The van der Waals surface area contributed by atoms with Crippen LogP contribution < -0.4 is 15.8 Å². The summed E-state index contributed by atoms with van der Waals surface area (Å²) in [6.07, 6.45) is 0. The molecule has 0 bridgehead atoms. The van der Waals surface area contributed by atoms with Gasteiger partial charge in [0.2, 0.25) is 0 Å². The average Bonchev–Trinajstić information content (AvgIpc) is 2.16. The lowest BCUT2D eigenvalue weighted by atomic mass is 10.3. The Kier molecular flexibility index (Phi) is 4.60. The first-order chi connectivity index (χ1) is 7.58. The summed E-state index contributed by atoms with van der Waals surface area (Å²) in [5, 5.41) is 2.49. The second-order valence-electron chi connectivity index (χ2n) is 3.67. The van der Waals surface area contributed by atoms with Crippen molar-refractivity contribution in [1.29, 1.82) is 0 Å². The van der Waals surface area contributed by atoms with E-state index in [0.717, 1.165) is 6.54 Å².